The first-order valence-corrected chi connectivity index (χ1v) is 6.31. The normalized spacial score (nSPS) is 25.4. The molecule has 2 unspecified atom stereocenters. The van der Waals surface area contributed by atoms with E-state index in [4.69, 9.17) is 6.42 Å². The van der Waals surface area contributed by atoms with Crippen LogP contribution in [0.25, 0.3) is 0 Å². The van der Waals surface area contributed by atoms with Gasteiger partial charge in [-0.15, -0.1) is 6.42 Å². The quantitative estimate of drug-likeness (QED) is 0.797. The van der Waals surface area contributed by atoms with Gasteiger partial charge in [-0.1, -0.05) is 43.2 Å². The molecule has 1 aromatic rings. The predicted molar refractivity (Wildman–Crippen MR) is 71.7 cm³/mol. The molecule has 1 fully saturated rings. The number of nitrogens with one attached hydrogen (secondary N) is 1. The number of piperazine rings is 1. The molecule has 0 aromatic heterocycles. The Morgan fingerprint density at radius 1 is 1.41 bits per heavy atom. The lowest BCUT2D eigenvalue weighted by Gasteiger charge is -2.39. The van der Waals surface area contributed by atoms with E-state index >= 15 is 0 Å². The highest BCUT2D eigenvalue weighted by Gasteiger charge is 2.26. The van der Waals surface area contributed by atoms with Gasteiger partial charge in [-0.05, 0) is 12.0 Å². The second-order valence-corrected chi connectivity index (χ2v) is 4.57. The smallest absolute Gasteiger partial charge is 0.0602 e. The first-order valence-electron chi connectivity index (χ1n) is 6.31. The summed E-state index contributed by atoms with van der Waals surface area (Å²) in [5.74, 6) is 2.77. The number of rotatable bonds is 3. The maximum absolute atomic E-state index is 5.45. The van der Waals surface area contributed by atoms with Crippen LogP contribution in [0.1, 0.15) is 24.9 Å². The number of hydrogen-bond donors (Lipinski definition) is 1. The lowest BCUT2D eigenvalue weighted by molar-refractivity contribution is 0.144. The lowest BCUT2D eigenvalue weighted by atomic mass is 10.0. The van der Waals surface area contributed by atoms with Gasteiger partial charge in [-0.25, -0.2) is 0 Å². The molecule has 0 aliphatic carbocycles. The Morgan fingerprint density at radius 3 is 2.82 bits per heavy atom. The van der Waals surface area contributed by atoms with E-state index in [0.717, 1.165) is 26.1 Å². The average Bonchev–Trinajstić information content (AvgIpc) is 2.40. The Labute approximate surface area is 104 Å². The zero-order valence-electron chi connectivity index (χ0n) is 10.4. The van der Waals surface area contributed by atoms with E-state index < -0.39 is 0 Å². The van der Waals surface area contributed by atoms with Gasteiger partial charge in [0.05, 0.1) is 6.54 Å². The molecule has 2 atom stereocenters. The Morgan fingerprint density at radius 2 is 2.18 bits per heavy atom. The van der Waals surface area contributed by atoms with E-state index in [1.807, 2.05) is 0 Å². The summed E-state index contributed by atoms with van der Waals surface area (Å²) in [5.41, 5.74) is 1.35. The van der Waals surface area contributed by atoms with Crippen molar-refractivity contribution in [3.8, 4) is 12.3 Å². The second-order valence-electron chi connectivity index (χ2n) is 4.57. The Kier molecular flexibility index (Phi) is 4.19. The van der Waals surface area contributed by atoms with Crippen molar-refractivity contribution in [1.82, 2.24) is 10.2 Å². The highest BCUT2D eigenvalue weighted by atomic mass is 15.2. The summed E-state index contributed by atoms with van der Waals surface area (Å²) in [6.45, 7) is 5.01. The molecular formula is C15H20N2. The molecule has 90 valence electrons. The average molecular weight is 228 g/mol. The molecule has 0 radical (unpaired) electrons. The molecule has 0 saturated carbocycles. The van der Waals surface area contributed by atoms with Crippen molar-refractivity contribution in [2.75, 3.05) is 19.6 Å². The zero-order valence-corrected chi connectivity index (χ0v) is 10.4. The van der Waals surface area contributed by atoms with Crippen molar-refractivity contribution in [3.63, 3.8) is 0 Å². The predicted octanol–water partition coefficient (Wildman–Crippen LogP) is 2.04. The fraction of sp³-hybridized carbons (Fsp3) is 0.467. The van der Waals surface area contributed by atoms with E-state index in [1.165, 1.54) is 5.56 Å². The van der Waals surface area contributed by atoms with Crippen molar-refractivity contribution in [2.24, 2.45) is 0 Å². The van der Waals surface area contributed by atoms with Crippen molar-refractivity contribution >= 4 is 0 Å². The molecule has 0 bridgehead atoms. The van der Waals surface area contributed by atoms with Crippen molar-refractivity contribution in [1.29, 1.82) is 0 Å². The van der Waals surface area contributed by atoms with Crippen LogP contribution >= 0.6 is 0 Å². The Bertz CT molecular complexity index is 380. The summed E-state index contributed by atoms with van der Waals surface area (Å²) in [5, 5.41) is 3.61. The minimum Gasteiger partial charge on any atom is -0.307 e. The summed E-state index contributed by atoms with van der Waals surface area (Å²) >= 11 is 0. The van der Waals surface area contributed by atoms with Gasteiger partial charge in [0, 0.05) is 25.2 Å². The van der Waals surface area contributed by atoms with Crippen LogP contribution < -0.4 is 5.32 Å². The molecule has 1 heterocycles. The summed E-state index contributed by atoms with van der Waals surface area (Å²) in [6.07, 6.45) is 6.60. The second kappa shape index (κ2) is 5.86. The van der Waals surface area contributed by atoms with E-state index in [0.29, 0.717) is 12.1 Å². The van der Waals surface area contributed by atoms with Gasteiger partial charge in [-0.2, -0.15) is 0 Å². The molecule has 0 amide bonds. The molecule has 1 aliphatic rings. The van der Waals surface area contributed by atoms with Crippen LogP contribution in [0.5, 0.6) is 0 Å². The summed E-state index contributed by atoms with van der Waals surface area (Å²) in [6, 6.07) is 11.6. The third kappa shape index (κ3) is 2.88. The van der Waals surface area contributed by atoms with Crippen LogP contribution in [0.15, 0.2) is 30.3 Å². The summed E-state index contributed by atoms with van der Waals surface area (Å²) in [7, 11) is 0. The molecule has 1 N–H and O–H groups in total. The van der Waals surface area contributed by atoms with Gasteiger partial charge in [-0.3, -0.25) is 4.90 Å². The van der Waals surface area contributed by atoms with Crippen LogP contribution in [-0.4, -0.2) is 30.6 Å². The highest BCUT2D eigenvalue weighted by Crippen LogP contribution is 2.20. The van der Waals surface area contributed by atoms with Crippen molar-refractivity contribution < 1.29 is 0 Å². The monoisotopic (exact) mass is 228 g/mol. The van der Waals surface area contributed by atoms with Crippen LogP contribution in [0.4, 0.5) is 0 Å². The van der Waals surface area contributed by atoms with E-state index in [2.05, 4.69) is 53.4 Å². The number of terminal acetylenes is 1. The molecular weight excluding hydrogens is 208 g/mol. The van der Waals surface area contributed by atoms with Gasteiger partial charge >= 0.3 is 0 Å². The van der Waals surface area contributed by atoms with Gasteiger partial charge in [0.15, 0.2) is 0 Å². The molecule has 2 nitrogen and oxygen atoms in total. The molecule has 1 saturated heterocycles. The molecule has 1 aromatic carbocycles. The van der Waals surface area contributed by atoms with Crippen LogP contribution in [0.2, 0.25) is 0 Å². The van der Waals surface area contributed by atoms with Crippen LogP contribution in [0, 0.1) is 12.3 Å². The van der Waals surface area contributed by atoms with Gasteiger partial charge in [0.25, 0.3) is 0 Å². The molecule has 2 rings (SSSR count). The maximum atomic E-state index is 5.45. The van der Waals surface area contributed by atoms with Crippen molar-refractivity contribution in [2.45, 2.75) is 25.4 Å². The topological polar surface area (TPSA) is 15.3 Å². The molecule has 2 heteroatoms. The fourth-order valence-corrected chi connectivity index (χ4v) is 2.48. The summed E-state index contributed by atoms with van der Waals surface area (Å²) < 4.78 is 0. The Hall–Kier alpha value is -1.30. The van der Waals surface area contributed by atoms with E-state index in [1.54, 1.807) is 0 Å². The minimum absolute atomic E-state index is 0.410. The molecule has 17 heavy (non-hydrogen) atoms. The van der Waals surface area contributed by atoms with Crippen LogP contribution in [-0.2, 0) is 0 Å². The van der Waals surface area contributed by atoms with E-state index in [-0.39, 0.29) is 0 Å². The Balaban J connectivity index is 2.06. The van der Waals surface area contributed by atoms with E-state index in [9.17, 15) is 0 Å². The minimum atomic E-state index is 0.410. The highest BCUT2D eigenvalue weighted by molar-refractivity contribution is 5.20. The van der Waals surface area contributed by atoms with Crippen molar-refractivity contribution in [3.05, 3.63) is 35.9 Å². The first kappa shape index (κ1) is 12.2. The number of hydrogen-bond acceptors (Lipinski definition) is 2. The van der Waals surface area contributed by atoms with Gasteiger partial charge in [0.2, 0.25) is 0 Å². The third-order valence-corrected chi connectivity index (χ3v) is 3.50. The standard InChI is InChI=1S/C15H20N2/c1-3-10-17-12-15(16-11-14(17)4-2)13-8-6-5-7-9-13/h1,5-9,14-16H,4,10-12H2,2H3. The molecule has 1 aliphatic heterocycles. The van der Waals surface area contributed by atoms with Gasteiger partial charge in [0.1, 0.15) is 0 Å². The fourth-order valence-electron chi connectivity index (χ4n) is 2.48. The SMILES string of the molecule is C#CCN1CC(c2ccccc2)NCC1CC. The first-order chi connectivity index (χ1) is 8.35. The third-order valence-electron chi connectivity index (χ3n) is 3.50. The largest absolute Gasteiger partial charge is 0.307 e. The molecule has 0 spiro atoms. The zero-order chi connectivity index (χ0) is 12.1. The number of nitrogens with zero attached hydrogens (tertiary/aromatic N) is 1. The van der Waals surface area contributed by atoms with Gasteiger partial charge < -0.3 is 5.32 Å². The summed E-state index contributed by atoms with van der Waals surface area (Å²) in [4.78, 5) is 2.41. The maximum Gasteiger partial charge on any atom is 0.0602 e. The lowest BCUT2D eigenvalue weighted by Crippen LogP contribution is -2.52. The number of benzene rings is 1. The van der Waals surface area contributed by atoms with Crippen LogP contribution in [0.3, 0.4) is 0 Å².